The van der Waals surface area contributed by atoms with Crippen molar-refractivity contribution < 1.29 is 36.2 Å². The lowest BCUT2D eigenvalue weighted by Gasteiger charge is -2.22. The van der Waals surface area contributed by atoms with Crippen molar-refractivity contribution in [2.45, 2.75) is 30.8 Å². The van der Waals surface area contributed by atoms with Gasteiger partial charge in [0.05, 0.1) is 11.7 Å². The van der Waals surface area contributed by atoms with Crippen LogP contribution in [0.5, 0.6) is 0 Å². The third kappa shape index (κ3) is 5.67. The van der Waals surface area contributed by atoms with Gasteiger partial charge in [-0.15, -0.1) is 0 Å². The Balaban J connectivity index is 2.14. The largest absolute Gasteiger partial charge is 0.409 e. The van der Waals surface area contributed by atoms with Gasteiger partial charge in [-0.2, -0.15) is 22.0 Å². The molecule has 29 heavy (non-hydrogen) atoms. The molecule has 0 radical (unpaired) electrons. The van der Waals surface area contributed by atoms with E-state index in [-0.39, 0.29) is 11.3 Å². The smallest absolute Gasteiger partial charge is 0.386 e. The Hall–Kier alpha value is -2.66. The molecule has 158 valence electrons. The van der Waals surface area contributed by atoms with Crippen molar-refractivity contribution in [1.82, 2.24) is 10.3 Å². The number of benzene rings is 1. The highest BCUT2D eigenvalue weighted by Crippen LogP contribution is 2.30. The molecule has 3 atom stereocenters. The Morgan fingerprint density at radius 3 is 2.14 bits per heavy atom. The summed E-state index contributed by atoms with van der Waals surface area (Å²) in [5.41, 5.74) is 5.86. The van der Waals surface area contributed by atoms with E-state index >= 15 is 0 Å². The van der Waals surface area contributed by atoms with Gasteiger partial charge < -0.3 is 16.2 Å². The fourth-order valence-corrected chi connectivity index (χ4v) is 2.48. The zero-order chi connectivity index (χ0) is 21.8. The number of aliphatic hydroxyl groups excluding tert-OH is 1. The highest BCUT2D eigenvalue weighted by Gasteiger charge is 2.38. The van der Waals surface area contributed by atoms with E-state index in [4.69, 9.17) is 5.73 Å². The van der Waals surface area contributed by atoms with Crippen LogP contribution < -0.4 is 11.1 Å². The molecule has 0 aliphatic heterocycles. The number of pyridine rings is 1. The predicted octanol–water partition coefficient (Wildman–Crippen LogP) is 3.06. The minimum atomic E-state index is -4.63. The Morgan fingerprint density at radius 1 is 1.10 bits per heavy atom. The number of hydrogen-bond acceptors (Lipinski definition) is 4. The monoisotopic (exact) mass is 421 g/mol. The van der Waals surface area contributed by atoms with Crippen LogP contribution in [0.2, 0.25) is 0 Å². The van der Waals surface area contributed by atoms with Gasteiger partial charge in [0.15, 0.2) is 0 Å². The van der Waals surface area contributed by atoms with Crippen molar-refractivity contribution in [2.24, 2.45) is 5.73 Å². The van der Waals surface area contributed by atoms with E-state index < -0.39 is 43.4 Å². The fourth-order valence-electron chi connectivity index (χ4n) is 2.48. The molecular formula is C18H17F6N3O2. The molecule has 1 heterocycles. The van der Waals surface area contributed by atoms with Crippen molar-refractivity contribution in [3.63, 3.8) is 0 Å². The van der Waals surface area contributed by atoms with Crippen LogP contribution in [0.25, 0.3) is 11.1 Å². The molecule has 1 aromatic carbocycles. The number of nitrogens with one attached hydrogen (secondary N) is 1. The molecular weight excluding hydrogens is 404 g/mol. The number of aliphatic hydroxyl groups is 1. The summed E-state index contributed by atoms with van der Waals surface area (Å²) < 4.78 is 75.4. The van der Waals surface area contributed by atoms with Crippen LogP contribution in [0.4, 0.5) is 26.3 Å². The first-order valence-corrected chi connectivity index (χ1v) is 8.25. The van der Waals surface area contributed by atoms with E-state index in [0.29, 0.717) is 11.1 Å². The lowest BCUT2D eigenvalue weighted by molar-refractivity contribution is -0.150. The van der Waals surface area contributed by atoms with Gasteiger partial charge in [0.2, 0.25) is 0 Å². The first-order valence-electron chi connectivity index (χ1n) is 8.25. The van der Waals surface area contributed by atoms with E-state index in [1.54, 1.807) is 5.32 Å². The summed E-state index contributed by atoms with van der Waals surface area (Å²) in [5, 5.41) is 11.8. The van der Waals surface area contributed by atoms with Crippen molar-refractivity contribution in [2.75, 3.05) is 6.67 Å². The summed E-state index contributed by atoms with van der Waals surface area (Å²) in [4.78, 5) is 14.7. The van der Waals surface area contributed by atoms with Crippen molar-refractivity contribution in [3.8, 4) is 11.1 Å². The number of alkyl halides is 6. The number of carbonyl (C=O) groups is 1. The van der Waals surface area contributed by atoms with Gasteiger partial charge in [-0.05, 0) is 17.2 Å². The average molecular weight is 421 g/mol. The molecule has 1 unspecified atom stereocenters. The molecule has 1 amide bonds. The molecule has 2 aromatic rings. The second-order valence-corrected chi connectivity index (χ2v) is 6.13. The van der Waals surface area contributed by atoms with Gasteiger partial charge in [0, 0.05) is 11.8 Å². The molecule has 0 saturated carbocycles. The Morgan fingerprint density at radius 2 is 1.69 bits per heavy atom. The van der Waals surface area contributed by atoms with Gasteiger partial charge in [0.1, 0.15) is 18.8 Å². The van der Waals surface area contributed by atoms with Crippen LogP contribution in [0.1, 0.15) is 23.4 Å². The second-order valence-electron chi connectivity index (χ2n) is 6.13. The Kier molecular flexibility index (Phi) is 7.20. The SMILES string of the molecule is NC(c1ccc(-c2ccc([C@H](O)[C@@H](CF)NC(=O)C(F)F)cc2)cn1)C(F)(F)F. The average Bonchev–Trinajstić information content (AvgIpc) is 2.70. The molecule has 11 heteroatoms. The van der Waals surface area contributed by atoms with Crippen molar-refractivity contribution in [1.29, 1.82) is 0 Å². The van der Waals surface area contributed by atoms with Crippen LogP contribution in [-0.4, -0.2) is 41.3 Å². The lowest BCUT2D eigenvalue weighted by atomic mass is 9.99. The zero-order valence-electron chi connectivity index (χ0n) is 14.7. The first-order chi connectivity index (χ1) is 13.5. The first kappa shape index (κ1) is 22.6. The Labute approximate surface area is 161 Å². The molecule has 0 saturated heterocycles. The van der Waals surface area contributed by atoms with Crippen LogP contribution in [0, 0.1) is 0 Å². The standard InChI is InChI=1S/C18H17F6N3O2/c19-7-13(27-17(29)16(20)21)14(28)10-3-1-9(2-4-10)11-5-6-12(26-8-11)15(25)18(22,23)24/h1-6,8,13-16,28H,7,25H2,(H,27,29)/t13-,14+,15?/m1/s1. The van der Waals surface area contributed by atoms with Gasteiger partial charge in [-0.1, -0.05) is 30.3 Å². The molecule has 0 aliphatic rings. The molecule has 0 spiro atoms. The second kappa shape index (κ2) is 9.23. The molecule has 2 rings (SSSR count). The van der Waals surface area contributed by atoms with E-state index in [1.165, 1.54) is 36.5 Å². The maximum absolute atomic E-state index is 13.0. The zero-order valence-corrected chi connectivity index (χ0v) is 14.7. The minimum absolute atomic E-state index is 0.148. The van der Waals surface area contributed by atoms with Crippen LogP contribution in [-0.2, 0) is 4.79 Å². The molecule has 0 bridgehead atoms. The van der Waals surface area contributed by atoms with E-state index in [2.05, 4.69) is 4.98 Å². The van der Waals surface area contributed by atoms with Gasteiger partial charge >= 0.3 is 12.6 Å². The lowest BCUT2D eigenvalue weighted by Crippen LogP contribution is -2.43. The number of amides is 1. The minimum Gasteiger partial charge on any atom is -0.386 e. The van der Waals surface area contributed by atoms with Gasteiger partial charge in [0.25, 0.3) is 5.91 Å². The maximum Gasteiger partial charge on any atom is 0.409 e. The summed E-state index contributed by atoms with van der Waals surface area (Å²) in [7, 11) is 0. The number of halogens is 6. The van der Waals surface area contributed by atoms with Crippen molar-refractivity contribution in [3.05, 3.63) is 53.9 Å². The molecule has 4 N–H and O–H groups in total. The third-order valence-electron chi connectivity index (χ3n) is 4.12. The Bertz CT molecular complexity index is 812. The topological polar surface area (TPSA) is 88.2 Å². The normalized spacial score (nSPS) is 15.1. The van der Waals surface area contributed by atoms with Crippen LogP contribution in [0.15, 0.2) is 42.6 Å². The number of hydrogen-bond donors (Lipinski definition) is 3. The molecule has 5 nitrogen and oxygen atoms in total. The van der Waals surface area contributed by atoms with Crippen LogP contribution >= 0.6 is 0 Å². The van der Waals surface area contributed by atoms with E-state index in [1.807, 2.05) is 0 Å². The predicted molar refractivity (Wildman–Crippen MR) is 91.5 cm³/mol. The third-order valence-corrected chi connectivity index (χ3v) is 4.12. The number of rotatable bonds is 7. The fraction of sp³-hybridized carbons (Fsp3) is 0.333. The van der Waals surface area contributed by atoms with E-state index in [9.17, 15) is 36.2 Å². The molecule has 1 aromatic heterocycles. The highest BCUT2D eigenvalue weighted by atomic mass is 19.4. The van der Waals surface area contributed by atoms with E-state index in [0.717, 1.165) is 6.07 Å². The summed E-state index contributed by atoms with van der Waals surface area (Å²) in [6.45, 7) is -1.27. The van der Waals surface area contributed by atoms with Crippen LogP contribution in [0.3, 0.4) is 0 Å². The quantitative estimate of drug-likeness (QED) is 0.600. The summed E-state index contributed by atoms with van der Waals surface area (Å²) >= 11 is 0. The summed E-state index contributed by atoms with van der Waals surface area (Å²) in [6, 6.07) is 4.43. The number of carbonyl (C=O) groups excluding carboxylic acids is 1. The maximum atomic E-state index is 13.0. The number of nitrogens with zero attached hydrogens (tertiary/aromatic N) is 1. The number of aromatic nitrogens is 1. The number of nitrogens with two attached hydrogens (primary N) is 1. The van der Waals surface area contributed by atoms with Crippen molar-refractivity contribution >= 4 is 5.91 Å². The molecule has 0 fully saturated rings. The summed E-state index contributed by atoms with van der Waals surface area (Å²) in [5.74, 6) is -1.70. The highest BCUT2D eigenvalue weighted by molar-refractivity contribution is 5.79. The molecule has 0 aliphatic carbocycles. The van der Waals surface area contributed by atoms with Gasteiger partial charge in [-0.3, -0.25) is 9.78 Å². The summed E-state index contributed by atoms with van der Waals surface area (Å²) in [6.07, 6.45) is -8.36. The van der Waals surface area contributed by atoms with Gasteiger partial charge in [-0.25, -0.2) is 4.39 Å².